The van der Waals surface area contributed by atoms with Crippen LogP contribution in [0.2, 0.25) is 0 Å². The zero-order chi connectivity index (χ0) is 30.9. The second-order valence-electron chi connectivity index (χ2n) is 12.2. The van der Waals surface area contributed by atoms with Crippen LogP contribution in [0.3, 0.4) is 0 Å². The molecule has 8 aromatic carbocycles. The van der Waals surface area contributed by atoms with E-state index in [1.165, 1.54) is 53.9 Å². The minimum Gasteiger partial charge on any atom is -0.278 e. The number of para-hydroxylation sites is 1. The van der Waals surface area contributed by atoms with Gasteiger partial charge in [0.1, 0.15) is 0 Å². The highest BCUT2D eigenvalue weighted by molar-refractivity contribution is 6.29. The van der Waals surface area contributed by atoms with Crippen LogP contribution in [0.4, 0.5) is 0 Å². The summed E-state index contributed by atoms with van der Waals surface area (Å²) in [6, 6.07) is 58.4. The second kappa shape index (κ2) is 10.1. The summed E-state index contributed by atoms with van der Waals surface area (Å²) in [6.07, 6.45) is 0. The van der Waals surface area contributed by atoms with Crippen LogP contribution in [0.5, 0.6) is 0 Å². The Balaban J connectivity index is 1.32. The maximum atomic E-state index is 5.34. The van der Waals surface area contributed by atoms with Crippen molar-refractivity contribution in [1.29, 1.82) is 0 Å². The standard InChI is InChI=1S/C44H27N3/c1-2-13-30(14-3-1)38-27-39(34-19-10-15-28-11-4-6-16-32(28)34)46-44(45-38)47-40-20-9-8-18-37(40)43-36-24-23-31-22-21-29-12-5-7-17-33(29)42(31)35(36)25-26-41(43)47/h1-27H. The van der Waals surface area contributed by atoms with Gasteiger partial charge in [-0.15, -0.1) is 0 Å². The van der Waals surface area contributed by atoms with E-state index in [1.807, 2.05) is 6.07 Å². The molecule has 0 atom stereocenters. The van der Waals surface area contributed by atoms with E-state index in [2.05, 4.69) is 162 Å². The lowest BCUT2D eigenvalue weighted by molar-refractivity contribution is 0.996. The van der Waals surface area contributed by atoms with Gasteiger partial charge in [-0.2, -0.15) is 0 Å². The Bertz CT molecular complexity index is 2840. The average Bonchev–Trinajstić information content (AvgIpc) is 3.49. The van der Waals surface area contributed by atoms with Crippen LogP contribution in [0, 0.1) is 0 Å². The van der Waals surface area contributed by atoms with Crippen LogP contribution in [0.25, 0.3) is 93.4 Å². The van der Waals surface area contributed by atoms with Crippen LogP contribution in [-0.4, -0.2) is 14.5 Å². The number of benzene rings is 8. The summed E-state index contributed by atoms with van der Waals surface area (Å²) < 4.78 is 2.25. The minimum atomic E-state index is 0.658. The van der Waals surface area contributed by atoms with Gasteiger partial charge in [0.2, 0.25) is 5.95 Å². The molecule has 47 heavy (non-hydrogen) atoms. The number of hydrogen-bond donors (Lipinski definition) is 0. The lowest BCUT2D eigenvalue weighted by Crippen LogP contribution is -2.04. The Morgan fingerprint density at radius 3 is 1.85 bits per heavy atom. The van der Waals surface area contributed by atoms with Crippen molar-refractivity contribution >= 4 is 64.9 Å². The van der Waals surface area contributed by atoms with Crippen molar-refractivity contribution in [3.63, 3.8) is 0 Å². The molecule has 10 aromatic rings. The number of rotatable bonds is 3. The van der Waals surface area contributed by atoms with Crippen molar-refractivity contribution in [1.82, 2.24) is 14.5 Å². The topological polar surface area (TPSA) is 30.7 Å². The number of nitrogens with zero attached hydrogens (tertiary/aromatic N) is 3. The highest BCUT2D eigenvalue weighted by Gasteiger charge is 2.20. The van der Waals surface area contributed by atoms with Gasteiger partial charge in [0.25, 0.3) is 0 Å². The number of aromatic nitrogens is 3. The molecule has 10 rings (SSSR count). The highest BCUT2D eigenvalue weighted by Crippen LogP contribution is 2.41. The van der Waals surface area contributed by atoms with Crippen molar-refractivity contribution < 1.29 is 0 Å². The van der Waals surface area contributed by atoms with E-state index >= 15 is 0 Å². The van der Waals surface area contributed by atoms with Gasteiger partial charge in [0, 0.05) is 21.9 Å². The van der Waals surface area contributed by atoms with Gasteiger partial charge in [-0.1, -0.05) is 146 Å². The smallest absolute Gasteiger partial charge is 0.235 e. The Kier molecular flexibility index (Phi) is 5.57. The van der Waals surface area contributed by atoms with Crippen molar-refractivity contribution in [3.05, 3.63) is 164 Å². The molecule has 0 N–H and O–H groups in total. The van der Waals surface area contributed by atoms with E-state index in [0.29, 0.717) is 5.95 Å². The van der Waals surface area contributed by atoms with Gasteiger partial charge >= 0.3 is 0 Å². The number of fused-ring (bicyclic) bond motifs is 10. The van der Waals surface area contributed by atoms with Gasteiger partial charge in [-0.05, 0) is 61.3 Å². The fourth-order valence-corrected chi connectivity index (χ4v) is 7.47. The van der Waals surface area contributed by atoms with Crippen molar-refractivity contribution in [3.8, 4) is 28.5 Å². The number of hydrogen-bond acceptors (Lipinski definition) is 2. The molecule has 0 radical (unpaired) electrons. The van der Waals surface area contributed by atoms with E-state index in [4.69, 9.17) is 9.97 Å². The normalized spacial score (nSPS) is 11.8. The predicted molar refractivity (Wildman–Crippen MR) is 197 cm³/mol. The molecule has 0 aliphatic heterocycles. The first kappa shape index (κ1) is 26.0. The first-order valence-corrected chi connectivity index (χ1v) is 16.0. The van der Waals surface area contributed by atoms with Crippen LogP contribution < -0.4 is 0 Å². The van der Waals surface area contributed by atoms with E-state index in [1.54, 1.807) is 0 Å². The van der Waals surface area contributed by atoms with Crippen LogP contribution in [0.15, 0.2) is 164 Å². The fraction of sp³-hybridized carbons (Fsp3) is 0. The largest absolute Gasteiger partial charge is 0.278 e. The zero-order valence-electron chi connectivity index (χ0n) is 25.4. The Labute approximate surface area is 271 Å². The molecule has 0 unspecified atom stereocenters. The van der Waals surface area contributed by atoms with Gasteiger partial charge in [-0.25, -0.2) is 9.97 Å². The molecule has 2 aromatic heterocycles. The SMILES string of the molecule is c1ccc(-c2cc(-c3cccc4ccccc34)nc(-n3c4ccccc4c4c5ccc6ccc7ccccc7c6c5ccc43)n2)cc1. The molecule has 0 bridgehead atoms. The third-order valence-corrected chi connectivity index (χ3v) is 9.59. The average molecular weight is 598 g/mol. The quantitative estimate of drug-likeness (QED) is 0.190. The summed E-state index contributed by atoms with van der Waals surface area (Å²) >= 11 is 0. The maximum absolute atomic E-state index is 5.34. The highest BCUT2D eigenvalue weighted by atomic mass is 15.2. The van der Waals surface area contributed by atoms with Gasteiger partial charge in [0.05, 0.1) is 22.4 Å². The zero-order valence-corrected chi connectivity index (χ0v) is 25.4. The van der Waals surface area contributed by atoms with Crippen molar-refractivity contribution in [2.45, 2.75) is 0 Å². The summed E-state index contributed by atoms with van der Waals surface area (Å²) in [7, 11) is 0. The Morgan fingerprint density at radius 1 is 0.362 bits per heavy atom. The summed E-state index contributed by atoms with van der Waals surface area (Å²) in [5.41, 5.74) is 6.11. The minimum absolute atomic E-state index is 0.658. The molecule has 0 aliphatic rings. The van der Waals surface area contributed by atoms with Crippen LogP contribution in [-0.2, 0) is 0 Å². The lowest BCUT2D eigenvalue weighted by atomic mass is 9.94. The van der Waals surface area contributed by atoms with Gasteiger partial charge in [0.15, 0.2) is 0 Å². The first-order valence-electron chi connectivity index (χ1n) is 16.0. The third kappa shape index (κ3) is 3.93. The molecule has 3 heteroatoms. The van der Waals surface area contributed by atoms with E-state index in [-0.39, 0.29) is 0 Å². The summed E-state index contributed by atoms with van der Waals surface area (Å²) in [4.78, 5) is 10.6. The van der Waals surface area contributed by atoms with Crippen LogP contribution in [0.1, 0.15) is 0 Å². The van der Waals surface area contributed by atoms with E-state index < -0.39 is 0 Å². The Hall–Kier alpha value is -6.32. The maximum Gasteiger partial charge on any atom is 0.235 e. The second-order valence-corrected chi connectivity index (χ2v) is 12.2. The molecule has 0 saturated carbocycles. The van der Waals surface area contributed by atoms with Gasteiger partial charge in [-0.3, -0.25) is 4.57 Å². The fourth-order valence-electron chi connectivity index (χ4n) is 7.47. The molecular formula is C44H27N3. The molecule has 218 valence electrons. The molecule has 0 aliphatic carbocycles. The molecule has 0 saturated heterocycles. The van der Waals surface area contributed by atoms with Crippen LogP contribution >= 0.6 is 0 Å². The van der Waals surface area contributed by atoms with Crippen molar-refractivity contribution in [2.24, 2.45) is 0 Å². The Morgan fingerprint density at radius 2 is 0.979 bits per heavy atom. The van der Waals surface area contributed by atoms with E-state index in [0.717, 1.165) is 33.5 Å². The summed E-state index contributed by atoms with van der Waals surface area (Å²) in [6.45, 7) is 0. The lowest BCUT2D eigenvalue weighted by Gasteiger charge is -2.13. The molecule has 3 nitrogen and oxygen atoms in total. The first-order chi connectivity index (χ1) is 23.3. The summed E-state index contributed by atoms with van der Waals surface area (Å²) in [5.74, 6) is 0.658. The predicted octanol–water partition coefficient (Wildman–Crippen LogP) is 11.5. The monoisotopic (exact) mass is 597 g/mol. The molecule has 0 spiro atoms. The summed E-state index contributed by atoms with van der Waals surface area (Å²) in [5, 5.41) is 12.3. The molecule has 2 heterocycles. The van der Waals surface area contributed by atoms with E-state index in [9.17, 15) is 0 Å². The molecule has 0 fully saturated rings. The van der Waals surface area contributed by atoms with Gasteiger partial charge < -0.3 is 0 Å². The third-order valence-electron chi connectivity index (χ3n) is 9.59. The molecule has 0 amide bonds. The molecular weight excluding hydrogens is 571 g/mol. The van der Waals surface area contributed by atoms with Crippen molar-refractivity contribution in [2.75, 3.05) is 0 Å².